The van der Waals surface area contributed by atoms with Crippen molar-refractivity contribution in [3.63, 3.8) is 0 Å². The summed E-state index contributed by atoms with van der Waals surface area (Å²) in [6.07, 6.45) is 1.97. The third-order valence-corrected chi connectivity index (χ3v) is 6.58. The Morgan fingerprint density at radius 3 is 2.29 bits per heavy atom. The minimum atomic E-state index is 0.785. The lowest BCUT2D eigenvalue weighted by Gasteiger charge is -2.12. The van der Waals surface area contributed by atoms with Gasteiger partial charge in [-0.2, -0.15) is 0 Å². The first-order valence-corrected chi connectivity index (χ1v) is 12.0. The molecule has 0 atom stereocenters. The van der Waals surface area contributed by atoms with Crippen LogP contribution in [0.15, 0.2) is 114 Å². The van der Waals surface area contributed by atoms with E-state index in [1.807, 2.05) is 42.6 Å². The van der Waals surface area contributed by atoms with E-state index < -0.39 is 0 Å². The van der Waals surface area contributed by atoms with Crippen LogP contribution < -0.4 is 4.74 Å². The van der Waals surface area contributed by atoms with Crippen LogP contribution in [0.3, 0.4) is 0 Å². The average Bonchev–Trinajstić information content (AvgIpc) is 3.18. The van der Waals surface area contributed by atoms with Crippen LogP contribution in [-0.4, -0.2) is 9.55 Å². The molecule has 34 heavy (non-hydrogen) atoms. The zero-order valence-corrected chi connectivity index (χ0v) is 20.2. The van der Waals surface area contributed by atoms with Gasteiger partial charge in [-0.15, -0.1) is 0 Å². The van der Waals surface area contributed by atoms with Crippen LogP contribution in [0.1, 0.15) is 5.56 Å². The molecule has 0 N–H and O–H groups in total. The van der Waals surface area contributed by atoms with Crippen molar-refractivity contribution in [2.45, 2.75) is 6.92 Å². The molecule has 164 valence electrons. The van der Waals surface area contributed by atoms with E-state index in [0.717, 1.165) is 38.4 Å². The molecule has 3 nitrogen and oxygen atoms in total. The van der Waals surface area contributed by atoms with E-state index in [2.05, 4.69) is 94.2 Å². The maximum atomic E-state index is 6.19. The molecule has 0 aliphatic rings. The first-order chi connectivity index (χ1) is 16.7. The monoisotopic (exact) mass is 504 g/mol. The molecule has 0 aliphatic heterocycles. The molecule has 0 saturated carbocycles. The van der Waals surface area contributed by atoms with Crippen LogP contribution in [-0.2, 0) is 0 Å². The highest BCUT2D eigenvalue weighted by atomic mass is 79.9. The van der Waals surface area contributed by atoms with E-state index in [4.69, 9.17) is 9.72 Å². The van der Waals surface area contributed by atoms with Crippen molar-refractivity contribution in [2.24, 2.45) is 0 Å². The number of ether oxygens (including phenoxy) is 1. The van der Waals surface area contributed by atoms with E-state index in [1.54, 1.807) is 0 Å². The largest absolute Gasteiger partial charge is 0.457 e. The summed E-state index contributed by atoms with van der Waals surface area (Å²) in [5, 5.41) is 2.36. The number of hydrogen-bond acceptors (Lipinski definition) is 2. The summed E-state index contributed by atoms with van der Waals surface area (Å²) in [7, 11) is 0. The quantitative estimate of drug-likeness (QED) is 0.240. The Morgan fingerprint density at radius 2 is 1.47 bits per heavy atom. The first kappa shape index (κ1) is 20.7. The number of para-hydroxylation sites is 1. The molecule has 4 heteroatoms. The van der Waals surface area contributed by atoms with Crippen molar-refractivity contribution >= 4 is 37.7 Å². The molecule has 0 amide bonds. The molecule has 0 aliphatic carbocycles. The van der Waals surface area contributed by atoms with Gasteiger partial charge >= 0.3 is 0 Å². The molecule has 6 rings (SSSR count). The van der Waals surface area contributed by atoms with Gasteiger partial charge in [-0.3, -0.25) is 4.57 Å². The summed E-state index contributed by atoms with van der Waals surface area (Å²) in [5.41, 5.74) is 5.68. The third kappa shape index (κ3) is 3.66. The molecular formula is C30H21BrN2O. The first-order valence-electron chi connectivity index (χ1n) is 11.2. The lowest BCUT2D eigenvalue weighted by molar-refractivity contribution is 0.483. The molecule has 4 aromatic carbocycles. The fourth-order valence-corrected chi connectivity index (χ4v) is 4.89. The topological polar surface area (TPSA) is 27.1 Å². The molecule has 0 unspecified atom stereocenters. The van der Waals surface area contributed by atoms with E-state index in [-0.39, 0.29) is 0 Å². The molecule has 0 radical (unpaired) electrons. The summed E-state index contributed by atoms with van der Waals surface area (Å²) in [6.45, 7) is 2.14. The highest BCUT2D eigenvalue weighted by Crippen LogP contribution is 2.36. The minimum absolute atomic E-state index is 0.785. The molecule has 0 fully saturated rings. The van der Waals surface area contributed by atoms with Gasteiger partial charge in [0.05, 0.1) is 11.0 Å². The summed E-state index contributed by atoms with van der Waals surface area (Å²) >= 11 is 3.52. The molecule has 0 bridgehead atoms. The summed E-state index contributed by atoms with van der Waals surface area (Å²) < 4.78 is 9.40. The SMILES string of the molecule is Cc1cc(-n2c3ccccc3c3ccc(Oc4cccc(Br)c4)cc32)ncc1-c1ccccc1. The molecule has 0 saturated heterocycles. The number of aromatic nitrogens is 2. The van der Waals surface area contributed by atoms with Gasteiger partial charge in [0.2, 0.25) is 0 Å². The molecule has 2 aromatic heterocycles. The molecular weight excluding hydrogens is 484 g/mol. The summed E-state index contributed by atoms with van der Waals surface area (Å²) in [4.78, 5) is 4.90. The van der Waals surface area contributed by atoms with E-state index in [9.17, 15) is 0 Å². The smallest absolute Gasteiger partial charge is 0.137 e. The van der Waals surface area contributed by atoms with Crippen LogP contribution in [0.5, 0.6) is 11.5 Å². The summed E-state index contributed by atoms with van der Waals surface area (Å²) in [6, 6.07) is 35.1. The molecule has 6 aromatic rings. The normalized spacial score (nSPS) is 11.2. The van der Waals surface area contributed by atoms with Crippen LogP contribution in [0, 0.1) is 6.92 Å². The van der Waals surface area contributed by atoms with Crippen LogP contribution >= 0.6 is 15.9 Å². The zero-order valence-electron chi connectivity index (χ0n) is 18.6. The van der Waals surface area contributed by atoms with Gasteiger partial charge in [0.1, 0.15) is 17.3 Å². The van der Waals surface area contributed by atoms with E-state index in [0.29, 0.717) is 0 Å². The lowest BCUT2D eigenvalue weighted by atomic mass is 10.0. The van der Waals surface area contributed by atoms with Crippen LogP contribution in [0.2, 0.25) is 0 Å². The van der Waals surface area contributed by atoms with Crippen molar-refractivity contribution in [1.29, 1.82) is 0 Å². The minimum Gasteiger partial charge on any atom is -0.457 e. The van der Waals surface area contributed by atoms with Gasteiger partial charge in [0.25, 0.3) is 0 Å². The lowest BCUT2D eigenvalue weighted by Crippen LogP contribution is -1.99. The fraction of sp³-hybridized carbons (Fsp3) is 0.0333. The van der Waals surface area contributed by atoms with E-state index >= 15 is 0 Å². The Bertz CT molecular complexity index is 1650. The number of pyridine rings is 1. The van der Waals surface area contributed by atoms with Crippen LogP contribution in [0.25, 0.3) is 38.8 Å². The van der Waals surface area contributed by atoms with Gasteiger partial charge < -0.3 is 4.74 Å². The molecule has 0 spiro atoms. The number of fused-ring (bicyclic) bond motifs is 3. The third-order valence-electron chi connectivity index (χ3n) is 6.09. The van der Waals surface area contributed by atoms with Gasteiger partial charge in [0.15, 0.2) is 0 Å². The second-order valence-corrected chi connectivity index (χ2v) is 9.23. The van der Waals surface area contributed by atoms with Crippen LogP contribution in [0.4, 0.5) is 0 Å². The molecule has 2 heterocycles. The van der Waals surface area contributed by atoms with Crippen molar-refractivity contribution in [3.8, 4) is 28.4 Å². The Morgan fingerprint density at radius 1 is 0.706 bits per heavy atom. The highest BCUT2D eigenvalue weighted by Gasteiger charge is 2.15. The average molecular weight is 505 g/mol. The van der Waals surface area contributed by atoms with Crippen molar-refractivity contribution in [2.75, 3.05) is 0 Å². The highest BCUT2D eigenvalue weighted by molar-refractivity contribution is 9.10. The number of rotatable bonds is 4. The number of aryl methyl sites for hydroxylation is 1. The van der Waals surface area contributed by atoms with Gasteiger partial charge in [-0.05, 0) is 60.5 Å². The Kier molecular flexibility index (Phi) is 5.16. The predicted octanol–water partition coefficient (Wildman–Crippen LogP) is 8.71. The number of benzene rings is 4. The maximum absolute atomic E-state index is 6.19. The number of hydrogen-bond donors (Lipinski definition) is 0. The van der Waals surface area contributed by atoms with E-state index in [1.165, 1.54) is 21.9 Å². The maximum Gasteiger partial charge on any atom is 0.137 e. The Balaban J connectivity index is 1.52. The van der Waals surface area contributed by atoms with Crippen molar-refractivity contribution in [1.82, 2.24) is 9.55 Å². The van der Waals surface area contributed by atoms with Gasteiger partial charge in [0, 0.05) is 33.1 Å². The number of nitrogens with zero attached hydrogens (tertiary/aromatic N) is 2. The Labute approximate surface area is 206 Å². The van der Waals surface area contributed by atoms with Crippen molar-refractivity contribution in [3.05, 3.63) is 119 Å². The van der Waals surface area contributed by atoms with Gasteiger partial charge in [-0.1, -0.05) is 70.5 Å². The second kappa shape index (κ2) is 8.47. The second-order valence-electron chi connectivity index (χ2n) is 8.31. The van der Waals surface area contributed by atoms with Gasteiger partial charge in [-0.25, -0.2) is 4.98 Å². The standard InChI is InChI=1S/C30H21BrN2O/c1-20-16-30(32-19-27(20)21-8-3-2-4-9-21)33-28-13-6-5-12-25(28)26-15-14-24(18-29(26)33)34-23-11-7-10-22(31)17-23/h2-19H,1H3. The fourth-order valence-electron chi connectivity index (χ4n) is 4.51. The number of halogens is 1. The zero-order chi connectivity index (χ0) is 23.1. The van der Waals surface area contributed by atoms with Crippen molar-refractivity contribution < 1.29 is 4.74 Å². The predicted molar refractivity (Wildman–Crippen MR) is 143 cm³/mol. The Hall–Kier alpha value is -3.89. The summed E-state index contributed by atoms with van der Waals surface area (Å²) in [5.74, 6) is 2.47.